The number of ether oxygens (including phenoxy) is 1. The van der Waals surface area contributed by atoms with E-state index in [2.05, 4.69) is 5.10 Å². The van der Waals surface area contributed by atoms with E-state index in [9.17, 15) is 9.18 Å². The fraction of sp³-hybridized carbons (Fsp3) is 0.231. The minimum Gasteiger partial charge on any atom is -0.496 e. The third kappa shape index (κ3) is 2.48. The van der Waals surface area contributed by atoms with Crippen molar-refractivity contribution in [2.75, 3.05) is 7.11 Å². The summed E-state index contributed by atoms with van der Waals surface area (Å²) in [5.41, 5.74) is 6.81. The lowest BCUT2D eigenvalue weighted by Crippen LogP contribution is -2.21. The van der Waals surface area contributed by atoms with Gasteiger partial charge in [0, 0.05) is 25.2 Å². The SMILES string of the molecule is COc1ccc(F)cc1-c1nn(C)c(=O)cc1CN. The highest BCUT2D eigenvalue weighted by Gasteiger charge is 2.14. The van der Waals surface area contributed by atoms with Crippen molar-refractivity contribution in [3.8, 4) is 17.0 Å². The van der Waals surface area contributed by atoms with Crippen LogP contribution < -0.4 is 16.0 Å². The molecule has 0 bridgehead atoms. The second kappa shape index (κ2) is 5.19. The zero-order chi connectivity index (χ0) is 14.0. The number of hydrogen-bond acceptors (Lipinski definition) is 4. The summed E-state index contributed by atoms with van der Waals surface area (Å²) < 4.78 is 19.8. The third-order valence-corrected chi connectivity index (χ3v) is 2.81. The van der Waals surface area contributed by atoms with Gasteiger partial charge in [0.2, 0.25) is 0 Å². The second-order valence-electron chi connectivity index (χ2n) is 4.03. The van der Waals surface area contributed by atoms with E-state index >= 15 is 0 Å². The fourth-order valence-electron chi connectivity index (χ4n) is 1.82. The van der Waals surface area contributed by atoms with Crippen molar-refractivity contribution in [2.45, 2.75) is 6.54 Å². The van der Waals surface area contributed by atoms with Crippen molar-refractivity contribution in [3.63, 3.8) is 0 Å². The Kier molecular flexibility index (Phi) is 3.62. The lowest BCUT2D eigenvalue weighted by molar-refractivity contribution is 0.415. The number of aromatic nitrogens is 2. The molecule has 0 spiro atoms. The first kappa shape index (κ1) is 13.2. The predicted molar refractivity (Wildman–Crippen MR) is 69.3 cm³/mol. The number of aryl methyl sites for hydroxylation is 1. The van der Waals surface area contributed by atoms with Crippen molar-refractivity contribution in [1.82, 2.24) is 9.78 Å². The van der Waals surface area contributed by atoms with Crippen LogP contribution in [-0.4, -0.2) is 16.9 Å². The highest BCUT2D eigenvalue weighted by molar-refractivity contribution is 5.69. The van der Waals surface area contributed by atoms with Crippen LogP contribution >= 0.6 is 0 Å². The van der Waals surface area contributed by atoms with E-state index in [-0.39, 0.29) is 12.1 Å². The minimum absolute atomic E-state index is 0.137. The molecule has 0 saturated heterocycles. The quantitative estimate of drug-likeness (QED) is 0.898. The number of hydrogen-bond donors (Lipinski definition) is 1. The molecule has 0 aliphatic heterocycles. The Labute approximate surface area is 109 Å². The number of methoxy groups -OCH3 is 1. The molecule has 0 amide bonds. The van der Waals surface area contributed by atoms with E-state index in [1.165, 1.54) is 43.1 Å². The third-order valence-electron chi connectivity index (χ3n) is 2.81. The number of rotatable bonds is 3. The highest BCUT2D eigenvalue weighted by atomic mass is 19.1. The molecule has 0 unspecified atom stereocenters. The van der Waals surface area contributed by atoms with Gasteiger partial charge >= 0.3 is 0 Å². The van der Waals surface area contributed by atoms with Gasteiger partial charge in [0.25, 0.3) is 5.56 Å². The summed E-state index contributed by atoms with van der Waals surface area (Å²) in [5, 5.41) is 4.14. The fourth-order valence-corrected chi connectivity index (χ4v) is 1.82. The average Bonchev–Trinajstić information content (AvgIpc) is 2.41. The molecule has 0 radical (unpaired) electrons. The van der Waals surface area contributed by atoms with Crippen LogP contribution in [0.2, 0.25) is 0 Å². The largest absolute Gasteiger partial charge is 0.496 e. The summed E-state index contributed by atoms with van der Waals surface area (Å²) >= 11 is 0. The maximum absolute atomic E-state index is 13.4. The molecule has 100 valence electrons. The van der Waals surface area contributed by atoms with Crippen LogP contribution in [0.5, 0.6) is 5.75 Å². The van der Waals surface area contributed by atoms with Gasteiger partial charge in [0.1, 0.15) is 11.6 Å². The minimum atomic E-state index is -0.408. The Morgan fingerprint density at radius 2 is 2.16 bits per heavy atom. The molecule has 0 saturated carbocycles. The Hall–Kier alpha value is -2.21. The zero-order valence-corrected chi connectivity index (χ0v) is 10.7. The van der Waals surface area contributed by atoms with Gasteiger partial charge in [-0.05, 0) is 23.8 Å². The van der Waals surface area contributed by atoms with E-state index < -0.39 is 5.82 Å². The molecule has 2 aromatic rings. The Morgan fingerprint density at radius 3 is 2.79 bits per heavy atom. The lowest BCUT2D eigenvalue weighted by Gasteiger charge is -2.12. The Balaban J connectivity index is 2.74. The van der Waals surface area contributed by atoms with Gasteiger partial charge in [-0.2, -0.15) is 5.10 Å². The molecule has 5 nitrogen and oxygen atoms in total. The molecule has 1 aromatic heterocycles. The Morgan fingerprint density at radius 1 is 1.42 bits per heavy atom. The van der Waals surface area contributed by atoms with Crippen LogP contribution in [0.3, 0.4) is 0 Å². The highest BCUT2D eigenvalue weighted by Crippen LogP contribution is 2.30. The number of nitrogens with zero attached hydrogens (tertiary/aromatic N) is 2. The first-order chi connectivity index (χ1) is 9.06. The molecular weight excluding hydrogens is 249 g/mol. The van der Waals surface area contributed by atoms with Crippen molar-refractivity contribution < 1.29 is 9.13 Å². The smallest absolute Gasteiger partial charge is 0.266 e. The van der Waals surface area contributed by atoms with Crippen LogP contribution in [0.25, 0.3) is 11.3 Å². The summed E-state index contributed by atoms with van der Waals surface area (Å²) in [6, 6.07) is 5.52. The van der Waals surface area contributed by atoms with Gasteiger partial charge in [-0.3, -0.25) is 4.79 Å². The molecule has 1 heterocycles. The molecule has 0 atom stereocenters. The van der Waals surface area contributed by atoms with Crippen LogP contribution in [0.1, 0.15) is 5.56 Å². The number of halogens is 1. The van der Waals surface area contributed by atoms with Crippen LogP contribution in [0, 0.1) is 5.82 Å². The summed E-state index contributed by atoms with van der Waals surface area (Å²) in [4.78, 5) is 11.5. The van der Waals surface area contributed by atoms with E-state index in [0.717, 1.165) is 0 Å². The molecular formula is C13H14FN3O2. The summed E-state index contributed by atoms with van der Waals surface area (Å²) in [6.45, 7) is 0.137. The molecule has 0 aliphatic rings. The van der Waals surface area contributed by atoms with Gasteiger partial charge in [-0.25, -0.2) is 9.07 Å². The second-order valence-corrected chi connectivity index (χ2v) is 4.03. The van der Waals surface area contributed by atoms with E-state index in [4.69, 9.17) is 10.5 Å². The zero-order valence-electron chi connectivity index (χ0n) is 10.7. The van der Waals surface area contributed by atoms with Gasteiger partial charge < -0.3 is 10.5 Å². The average molecular weight is 263 g/mol. The van der Waals surface area contributed by atoms with E-state index in [1.54, 1.807) is 0 Å². The predicted octanol–water partition coefficient (Wildman–Crippen LogP) is 1.05. The van der Waals surface area contributed by atoms with Gasteiger partial charge in [0.15, 0.2) is 0 Å². The first-order valence-corrected chi connectivity index (χ1v) is 5.68. The normalized spacial score (nSPS) is 10.5. The van der Waals surface area contributed by atoms with Crippen molar-refractivity contribution in [3.05, 3.63) is 46.0 Å². The number of nitrogens with two attached hydrogens (primary N) is 1. The van der Waals surface area contributed by atoms with E-state index in [0.29, 0.717) is 22.6 Å². The maximum atomic E-state index is 13.4. The van der Waals surface area contributed by atoms with Crippen molar-refractivity contribution in [2.24, 2.45) is 12.8 Å². The topological polar surface area (TPSA) is 70.1 Å². The van der Waals surface area contributed by atoms with Crippen molar-refractivity contribution in [1.29, 1.82) is 0 Å². The van der Waals surface area contributed by atoms with Gasteiger partial charge in [0.05, 0.1) is 12.8 Å². The molecule has 0 aliphatic carbocycles. The maximum Gasteiger partial charge on any atom is 0.266 e. The molecule has 1 aromatic carbocycles. The molecule has 6 heteroatoms. The number of benzene rings is 1. The summed E-state index contributed by atoms with van der Waals surface area (Å²) in [6.07, 6.45) is 0. The summed E-state index contributed by atoms with van der Waals surface area (Å²) in [7, 11) is 3.01. The lowest BCUT2D eigenvalue weighted by atomic mass is 10.1. The van der Waals surface area contributed by atoms with Crippen LogP contribution in [0.4, 0.5) is 4.39 Å². The summed E-state index contributed by atoms with van der Waals surface area (Å²) in [5.74, 6) is 0.0664. The molecule has 19 heavy (non-hydrogen) atoms. The molecule has 2 rings (SSSR count). The monoisotopic (exact) mass is 263 g/mol. The van der Waals surface area contributed by atoms with Gasteiger partial charge in [-0.1, -0.05) is 0 Å². The molecule has 0 fully saturated rings. The van der Waals surface area contributed by atoms with Gasteiger partial charge in [-0.15, -0.1) is 0 Å². The first-order valence-electron chi connectivity index (χ1n) is 5.68. The van der Waals surface area contributed by atoms with Crippen molar-refractivity contribution >= 4 is 0 Å². The molecule has 2 N–H and O–H groups in total. The van der Waals surface area contributed by atoms with Crippen LogP contribution in [-0.2, 0) is 13.6 Å². The Bertz CT molecular complexity index is 667. The van der Waals surface area contributed by atoms with Crippen LogP contribution in [0.15, 0.2) is 29.1 Å². The van der Waals surface area contributed by atoms with E-state index in [1.807, 2.05) is 0 Å². The standard InChI is InChI=1S/C13H14FN3O2/c1-17-12(18)5-8(7-15)13(16-17)10-6-9(14)3-4-11(10)19-2/h3-6H,7,15H2,1-2H3.